The number of benzene rings is 8. The standard InChI is InChI=1S/C51H37N5O/c1-4-15-32(16-5-1)49-52-50(33-17-6-2-7-18-33)54-51(53-49)34-19-14-22-36(31-34)55-41-25-12-10-24-39(41)45-42(55)29-30-43-46(45)40-28-27-38-37-23-11-13-26-44(37)57-48(38)47(40)56(43)35-20-8-3-9-21-35/h1-31,49-54H. The van der Waals surface area contributed by atoms with Gasteiger partial charge >= 0.3 is 0 Å². The van der Waals surface area contributed by atoms with Gasteiger partial charge in [-0.25, -0.2) is 0 Å². The van der Waals surface area contributed by atoms with Crippen molar-refractivity contribution in [1.82, 2.24) is 25.1 Å². The van der Waals surface area contributed by atoms with Crippen molar-refractivity contribution in [2.75, 3.05) is 0 Å². The molecule has 272 valence electrons. The number of rotatable bonds is 5. The summed E-state index contributed by atoms with van der Waals surface area (Å²) in [4.78, 5) is 0. The zero-order valence-corrected chi connectivity index (χ0v) is 30.9. The number of hydrogen-bond donors (Lipinski definition) is 3. The first-order chi connectivity index (χ1) is 28.3. The molecule has 0 radical (unpaired) electrons. The van der Waals surface area contributed by atoms with Crippen molar-refractivity contribution in [1.29, 1.82) is 0 Å². The normalized spacial score (nSPS) is 17.4. The lowest BCUT2D eigenvalue weighted by Gasteiger charge is -2.39. The topological polar surface area (TPSA) is 59.1 Å². The Morgan fingerprint density at radius 3 is 1.61 bits per heavy atom. The fourth-order valence-corrected chi connectivity index (χ4v) is 9.31. The van der Waals surface area contributed by atoms with E-state index in [1.165, 1.54) is 32.7 Å². The average molecular weight is 736 g/mol. The molecule has 6 nitrogen and oxygen atoms in total. The van der Waals surface area contributed by atoms with E-state index in [0.717, 1.165) is 60.9 Å². The molecule has 4 heterocycles. The molecule has 8 aromatic carbocycles. The van der Waals surface area contributed by atoms with Crippen LogP contribution in [0.5, 0.6) is 0 Å². The predicted octanol–water partition coefficient (Wildman–Crippen LogP) is 12.0. The van der Waals surface area contributed by atoms with Crippen molar-refractivity contribution in [3.05, 3.63) is 205 Å². The van der Waals surface area contributed by atoms with E-state index in [0.29, 0.717) is 0 Å². The molecular weight excluding hydrogens is 699 g/mol. The molecule has 0 amide bonds. The highest BCUT2D eigenvalue weighted by Crippen LogP contribution is 2.45. The molecule has 57 heavy (non-hydrogen) atoms. The molecule has 6 heteroatoms. The van der Waals surface area contributed by atoms with E-state index in [2.05, 4.69) is 207 Å². The summed E-state index contributed by atoms with van der Waals surface area (Å²) in [5, 5.41) is 18.6. The van der Waals surface area contributed by atoms with Gasteiger partial charge in [0.05, 0.1) is 40.6 Å². The van der Waals surface area contributed by atoms with Gasteiger partial charge in [0.25, 0.3) is 0 Å². The fraction of sp³-hybridized carbons (Fsp3) is 0.0588. The minimum atomic E-state index is -0.114. The second-order valence-electron chi connectivity index (χ2n) is 15.0. The fourth-order valence-electron chi connectivity index (χ4n) is 9.31. The Labute approximate surface area is 328 Å². The van der Waals surface area contributed by atoms with Crippen LogP contribution in [0.4, 0.5) is 0 Å². The molecule has 1 aliphatic heterocycles. The highest BCUT2D eigenvalue weighted by atomic mass is 16.3. The summed E-state index contributed by atoms with van der Waals surface area (Å²) in [6.45, 7) is 0. The molecule has 11 aromatic rings. The van der Waals surface area contributed by atoms with Crippen molar-refractivity contribution in [2.24, 2.45) is 0 Å². The van der Waals surface area contributed by atoms with Gasteiger partial charge in [0.2, 0.25) is 0 Å². The summed E-state index contributed by atoms with van der Waals surface area (Å²) in [7, 11) is 0. The predicted molar refractivity (Wildman–Crippen MR) is 233 cm³/mol. The Morgan fingerprint density at radius 2 is 0.895 bits per heavy atom. The Morgan fingerprint density at radius 1 is 0.368 bits per heavy atom. The first kappa shape index (κ1) is 32.3. The second-order valence-corrected chi connectivity index (χ2v) is 15.0. The highest BCUT2D eigenvalue weighted by molar-refractivity contribution is 6.32. The summed E-state index contributed by atoms with van der Waals surface area (Å²) in [6, 6.07) is 67.2. The van der Waals surface area contributed by atoms with Crippen molar-refractivity contribution in [2.45, 2.75) is 18.5 Å². The first-order valence-electron chi connectivity index (χ1n) is 19.6. The third kappa shape index (κ3) is 5.02. The average Bonchev–Trinajstić information content (AvgIpc) is 3.95. The molecule has 2 atom stereocenters. The van der Waals surface area contributed by atoms with Gasteiger partial charge < -0.3 is 13.6 Å². The van der Waals surface area contributed by atoms with Crippen LogP contribution < -0.4 is 16.0 Å². The van der Waals surface area contributed by atoms with E-state index in [9.17, 15) is 0 Å². The third-order valence-electron chi connectivity index (χ3n) is 11.8. The Bertz CT molecular complexity index is 3240. The molecule has 0 saturated carbocycles. The van der Waals surface area contributed by atoms with Gasteiger partial charge in [-0.1, -0.05) is 133 Å². The van der Waals surface area contributed by atoms with Crippen LogP contribution in [0.1, 0.15) is 35.2 Å². The van der Waals surface area contributed by atoms with Gasteiger partial charge in [0, 0.05) is 43.7 Å². The van der Waals surface area contributed by atoms with Crippen LogP contribution in [-0.4, -0.2) is 9.13 Å². The lowest BCUT2D eigenvalue weighted by Crippen LogP contribution is -2.54. The zero-order valence-electron chi connectivity index (χ0n) is 30.9. The van der Waals surface area contributed by atoms with Crippen LogP contribution in [0.3, 0.4) is 0 Å². The molecule has 0 bridgehead atoms. The maximum absolute atomic E-state index is 6.73. The number of nitrogens with one attached hydrogen (secondary N) is 3. The van der Waals surface area contributed by atoms with Gasteiger partial charge in [-0.2, -0.15) is 0 Å². The van der Waals surface area contributed by atoms with Crippen LogP contribution in [-0.2, 0) is 0 Å². The van der Waals surface area contributed by atoms with Gasteiger partial charge in [-0.15, -0.1) is 0 Å². The van der Waals surface area contributed by atoms with E-state index in [1.54, 1.807) is 0 Å². The number of aromatic nitrogens is 2. The van der Waals surface area contributed by atoms with E-state index >= 15 is 0 Å². The smallest absolute Gasteiger partial charge is 0.160 e. The molecule has 12 rings (SSSR count). The third-order valence-corrected chi connectivity index (χ3v) is 11.8. The van der Waals surface area contributed by atoms with E-state index < -0.39 is 0 Å². The molecule has 3 N–H and O–H groups in total. The van der Waals surface area contributed by atoms with Crippen LogP contribution in [0.15, 0.2) is 192 Å². The number of nitrogens with zero attached hydrogens (tertiary/aromatic N) is 2. The molecule has 2 unspecified atom stereocenters. The minimum Gasteiger partial charge on any atom is -0.454 e. The summed E-state index contributed by atoms with van der Waals surface area (Å²) >= 11 is 0. The molecule has 1 saturated heterocycles. The van der Waals surface area contributed by atoms with Crippen LogP contribution in [0.25, 0.3) is 76.9 Å². The molecule has 0 aliphatic carbocycles. The van der Waals surface area contributed by atoms with Crippen molar-refractivity contribution < 1.29 is 4.42 Å². The quantitative estimate of drug-likeness (QED) is 0.165. The summed E-state index contributed by atoms with van der Waals surface area (Å²) in [5.41, 5.74) is 12.1. The lowest BCUT2D eigenvalue weighted by molar-refractivity contribution is 0.203. The number of para-hydroxylation sites is 3. The summed E-state index contributed by atoms with van der Waals surface area (Å²) in [5.74, 6) is 0. The Kier molecular flexibility index (Phi) is 7.25. The Hall–Kier alpha value is -6.96. The van der Waals surface area contributed by atoms with Crippen molar-refractivity contribution in [3.63, 3.8) is 0 Å². The molecule has 3 aromatic heterocycles. The molecule has 1 fully saturated rings. The van der Waals surface area contributed by atoms with Gasteiger partial charge in [0.1, 0.15) is 5.58 Å². The number of fused-ring (bicyclic) bond motifs is 11. The molecule has 0 spiro atoms. The van der Waals surface area contributed by atoms with Crippen molar-refractivity contribution >= 4 is 65.6 Å². The van der Waals surface area contributed by atoms with Crippen LogP contribution >= 0.6 is 0 Å². The maximum Gasteiger partial charge on any atom is 0.160 e. The van der Waals surface area contributed by atoms with Gasteiger partial charge in [-0.3, -0.25) is 16.0 Å². The number of furan rings is 1. The van der Waals surface area contributed by atoms with Gasteiger partial charge in [-0.05, 0) is 71.3 Å². The summed E-state index contributed by atoms with van der Waals surface area (Å²) < 4.78 is 11.6. The van der Waals surface area contributed by atoms with Gasteiger partial charge in [0.15, 0.2) is 5.58 Å². The molecular formula is C51H37N5O. The van der Waals surface area contributed by atoms with E-state index in [-0.39, 0.29) is 18.5 Å². The Balaban J connectivity index is 1.08. The van der Waals surface area contributed by atoms with Crippen molar-refractivity contribution in [3.8, 4) is 11.4 Å². The SMILES string of the molecule is c1ccc(C2NC(c3ccccc3)NC(c3cccc(-n4c5ccccc5c5c6c7ccc8c9ccccc9oc8c7n(-c7ccccc7)c6ccc54)c3)N2)cc1. The van der Waals surface area contributed by atoms with E-state index in [4.69, 9.17) is 4.42 Å². The molecule has 1 aliphatic rings. The first-order valence-corrected chi connectivity index (χ1v) is 19.6. The van der Waals surface area contributed by atoms with Crippen LogP contribution in [0, 0.1) is 0 Å². The highest BCUT2D eigenvalue weighted by Gasteiger charge is 2.30. The zero-order chi connectivity index (χ0) is 37.5. The maximum atomic E-state index is 6.73. The minimum absolute atomic E-state index is 0.0482. The van der Waals surface area contributed by atoms with E-state index in [1.807, 2.05) is 6.07 Å². The lowest BCUT2D eigenvalue weighted by atomic mass is 10.0. The number of hydrogen-bond acceptors (Lipinski definition) is 4. The monoisotopic (exact) mass is 735 g/mol. The van der Waals surface area contributed by atoms with Crippen LogP contribution in [0.2, 0.25) is 0 Å². The summed E-state index contributed by atoms with van der Waals surface area (Å²) in [6.07, 6.45) is -0.211. The second kappa shape index (κ2) is 12.8. The largest absolute Gasteiger partial charge is 0.454 e.